The van der Waals surface area contributed by atoms with E-state index in [1.54, 1.807) is 6.07 Å². The number of Topliss-reactive ketones (excluding diaryl/α,β-unsaturated/α-hetero) is 1. The summed E-state index contributed by atoms with van der Waals surface area (Å²) in [5.74, 6) is -2.29. The van der Waals surface area contributed by atoms with Gasteiger partial charge in [-0.3, -0.25) is 4.79 Å². The molecule has 1 heterocycles. The molecule has 0 spiro atoms. The second kappa shape index (κ2) is 7.90. The number of rotatable bonds is 4. The topological polar surface area (TPSA) is 67.4 Å². The quantitative estimate of drug-likeness (QED) is 0.469. The summed E-state index contributed by atoms with van der Waals surface area (Å²) >= 11 is 5.32. The van der Waals surface area contributed by atoms with Crippen LogP contribution in [0.2, 0.25) is 0 Å². The Bertz CT molecular complexity index is 1020. The van der Waals surface area contributed by atoms with E-state index in [0.717, 1.165) is 23.8 Å². The number of benzene rings is 2. The normalized spacial score (nSPS) is 16.3. The molecule has 28 heavy (non-hydrogen) atoms. The van der Waals surface area contributed by atoms with Crippen LogP contribution in [0.25, 0.3) is 5.70 Å². The molecule has 7 heteroatoms. The van der Waals surface area contributed by atoms with Crippen molar-refractivity contribution in [1.82, 2.24) is 10.6 Å². The lowest BCUT2D eigenvalue weighted by Gasteiger charge is -2.31. The van der Waals surface area contributed by atoms with E-state index in [-0.39, 0.29) is 10.7 Å². The first-order valence-corrected chi connectivity index (χ1v) is 9.00. The van der Waals surface area contributed by atoms with Crippen molar-refractivity contribution in [2.75, 3.05) is 7.11 Å². The molecule has 2 aromatic rings. The minimum atomic E-state index is -1.00. The van der Waals surface area contributed by atoms with Crippen LogP contribution in [0.4, 0.5) is 4.39 Å². The number of carbonyl (C=O) groups excluding carboxylic acids is 2. The van der Waals surface area contributed by atoms with Crippen molar-refractivity contribution in [2.45, 2.75) is 19.9 Å². The van der Waals surface area contributed by atoms with E-state index < -0.39 is 23.6 Å². The second-order valence-electron chi connectivity index (χ2n) is 6.51. The highest BCUT2D eigenvalue weighted by Gasteiger charge is 2.36. The van der Waals surface area contributed by atoms with Gasteiger partial charge in [0, 0.05) is 5.56 Å². The average Bonchev–Trinajstić information content (AvgIpc) is 2.66. The van der Waals surface area contributed by atoms with Crippen LogP contribution < -0.4 is 10.6 Å². The molecule has 1 aliphatic heterocycles. The van der Waals surface area contributed by atoms with E-state index in [2.05, 4.69) is 15.4 Å². The summed E-state index contributed by atoms with van der Waals surface area (Å²) in [4.78, 5) is 25.0. The van der Waals surface area contributed by atoms with Crippen LogP contribution in [0.15, 0.2) is 48.0 Å². The minimum absolute atomic E-state index is 0.123. The van der Waals surface area contributed by atoms with Crippen molar-refractivity contribution < 1.29 is 18.7 Å². The molecule has 0 aliphatic carbocycles. The summed E-state index contributed by atoms with van der Waals surface area (Å²) in [6.45, 7) is 3.86. The van der Waals surface area contributed by atoms with Crippen molar-refractivity contribution >= 4 is 34.8 Å². The molecule has 3 rings (SSSR count). The molecule has 0 aromatic heterocycles. The average molecular weight is 398 g/mol. The van der Waals surface area contributed by atoms with E-state index in [0.29, 0.717) is 11.3 Å². The molecule has 1 aliphatic rings. The van der Waals surface area contributed by atoms with Gasteiger partial charge in [0.05, 0.1) is 24.4 Å². The number of hydrogen-bond acceptors (Lipinski definition) is 4. The van der Waals surface area contributed by atoms with Crippen LogP contribution in [0.3, 0.4) is 0 Å². The van der Waals surface area contributed by atoms with Crippen molar-refractivity contribution in [1.29, 1.82) is 0 Å². The molecule has 0 fully saturated rings. The van der Waals surface area contributed by atoms with Crippen LogP contribution in [-0.2, 0) is 14.3 Å². The first kappa shape index (κ1) is 19.7. The fraction of sp³-hybridized carbons (Fsp3) is 0.190. The Morgan fingerprint density at radius 3 is 2.54 bits per heavy atom. The van der Waals surface area contributed by atoms with Crippen LogP contribution in [0, 0.1) is 19.7 Å². The molecular formula is C21H19FN2O3S. The minimum Gasteiger partial charge on any atom is -0.463 e. The van der Waals surface area contributed by atoms with E-state index in [4.69, 9.17) is 12.2 Å². The van der Waals surface area contributed by atoms with Crippen LogP contribution in [0.1, 0.15) is 28.3 Å². The number of halogens is 1. The second-order valence-corrected chi connectivity index (χ2v) is 6.92. The third-order valence-electron chi connectivity index (χ3n) is 4.52. The lowest BCUT2D eigenvalue weighted by atomic mass is 9.88. The number of aryl methyl sites for hydroxylation is 2. The maximum Gasteiger partial charge on any atom is 0.379 e. The highest BCUT2D eigenvalue weighted by Crippen LogP contribution is 2.33. The number of nitrogens with one attached hydrogen (secondary N) is 2. The lowest BCUT2D eigenvalue weighted by Crippen LogP contribution is -2.46. The van der Waals surface area contributed by atoms with Gasteiger partial charge in [-0.25, -0.2) is 9.18 Å². The molecule has 5 nitrogen and oxygen atoms in total. The summed E-state index contributed by atoms with van der Waals surface area (Å²) < 4.78 is 18.5. The van der Waals surface area contributed by atoms with Crippen LogP contribution >= 0.6 is 12.2 Å². The number of thiocarbonyl (C=S) groups is 1. The standard InChI is InChI=1S/C21H19FN2O3S/c1-11-7-8-15(12(2)9-11)18-16(19(25)20(26)27-3)17(23-21(28)24-18)13-5-4-6-14(22)10-13/h4-10,17H,1-3H3,(H2,23,24,28)/t17-/m1/s1. The maximum absolute atomic E-state index is 13.8. The predicted octanol–water partition coefficient (Wildman–Crippen LogP) is 3.11. The van der Waals surface area contributed by atoms with Gasteiger partial charge in [0.25, 0.3) is 5.78 Å². The fourth-order valence-electron chi connectivity index (χ4n) is 3.25. The molecular weight excluding hydrogens is 379 g/mol. The summed E-state index contributed by atoms with van der Waals surface area (Å²) in [6.07, 6.45) is 0. The zero-order valence-corrected chi connectivity index (χ0v) is 16.4. The largest absolute Gasteiger partial charge is 0.463 e. The first-order chi connectivity index (χ1) is 13.3. The van der Waals surface area contributed by atoms with Crippen LogP contribution in [0.5, 0.6) is 0 Å². The molecule has 0 saturated carbocycles. The summed E-state index contributed by atoms with van der Waals surface area (Å²) in [5, 5.41) is 6.23. The van der Waals surface area contributed by atoms with Gasteiger partial charge in [0.2, 0.25) is 0 Å². The van der Waals surface area contributed by atoms with Gasteiger partial charge in [-0.15, -0.1) is 0 Å². The molecule has 2 N–H and O–H groups in total. The summed E-state index contributed by atoms with van der Waals surface area (Å²) in [5.41, 5.74) is 3.69. The number of esters is 1. The Morgan fingerprint density at radius 1 is 1.14 bits per heavy atom. The monoisotopic (exact) mass is 398 g/mol. The molecule has 1 atom stereocenters. The maximum atomic E-state index is 13.8. The molecule has 2 aromatic carbocycles. The SMILES string of the molecule is COC(=O)C(=O)C1=C(c2ccc(C)cc2C)NC(=S)N[C@@H]1c1cccc(F)c1. The van der Waals surface area contributed by atoms with Gasteiger partial charge in [-0.1, -0.05) is 35.9 Å². The molecule has 144 valence electrons. The van der Waals surface area contributed by atoms with Gasteiger partial charge in [0.15, 0.2) is 5.11 Å². The molecule has 0 unspecified atom stereocenters. The Kier molecular flexibility index (Phi) is 5.56. The molecule has 0 bridgehead atoms. The predicted molar refractivity (Wildman–Crippen MR) is 108 cm³/mol. The summed E-state index contributed by atoms with van der Waals surface area (Å²) in [7, 11) is 1.14. The zero-order chi connectivity index (χ0) is 20.4. The van der Waals surface area contributed by atoms with Crippen molar-refractivity contribution in [3.05, 3.63) is 76.1 Å². The number of methoxy groups -OCH3 is 1. The van der Waals surface area contributed by atoms with Gasteiger partial charge in [-0.05, 0) is 49.3 Å². The number of ketones is 1. The van der Waals surface area contributed by atoms with E-state index in [1.165, 1.54) is 18.2 Å². The Morgan fingerprint density at radius 2 is 1.89 bits per heavy atom. The van der Waals surface area contributed by atoms with Gasteiger partial charge in [-0.2, -0.15) is 0 Å². The highest BCUT2D eigenvalue weighted by molar-refractivity contribution is 7.80. The Hall–Kier alpha value is -3.06. The Labute approximate surface area is 167 Å². The highest BCUT2D eigenvalue weighted by atomic mass is 32.1. The molecule has 0 amide bonds. The molecule has 0 saturated heterocycles. The van der Waals surface area contributed by atoms with E-state index >= 15 is 0 Å². The van der Waals surface area contributed by atoms with Gasteiger partial charge >= 0.3 is 5.97 Å². The number of carbonyl (C=O) groups is 2. The van der Waals surface area contributed by atoms with Crippen molar-refractivity contribution in [2.24, 2.45) is 0 Å². The first-order valence-electron chi connectivity index (χ1n) is 8.59. The summed E-state index contributed by atoms with van der Waals surface area (Å²) in [6, 6.07) is 10.7. The van der Waals surface area contributed by atoms with Gasteiger partial charge < -0.3 is 15.4 Å². The number of ether oxygens (including phenoxy) is 1. The van der Waals surface area contributed by atoms with Crippen LogP contribution in [-0.4, -0.2) is 24.0 Å². The third-order valence-corrected chi connectivity index (χ3v) is 4.74. The lowest BCUT2D eigenvalue weighted by molar-refractivity contribution is -0.150. The Balaban J connectivity index is 2.28. The third kappa shape index (κ3) is 3.80. The molecule has 0 radical (unpaired) electrons. The number of hydrogen-bond donors (Lipinski definition) is 2. The van der Waals surface area contributed by atoms with Crippen molar-refractivity contribution in [3.63, 3.8) is 0 Å². The van der Waals surface area contributed by atoms with E-state index in [9.17, 15) is 14.0 Å². The zero-order valence-electron chi connectivity index (χ0n) is 15.6. The van der Waals surface area contributed by atoms with E-state index in [1.807, 2.05) is 32.0 Å². The smallest absolute Gasteiger partial charge is 0.379 e. The van der Waals surface area contributed by atoms with Crippen molar-refractivity contribution in [3.8, 4) is 0 Å². The fourth-order valence-corrected chi connectivity index (χ4v) is 3.47. The van der Waals surface area contributed by atoms with Gasteiger partial charge in [0.1, 0.15) is 5.82 Å².